The molecular formula is C24H21NO4. The van der Waals surface area contributed by atoms with E-state index >= 15 is 0 Å². The number of benzene rings is 3. The molecule has 3 aromatic carbocycles. The highest BCUT2D eigenvalue weighted by Crippen LogP contribution is 2.15. The number of Topliss-reactive ketones (excluding diaryl/α,β-unsaturated/α-hetero) is 1. The molecule has 0 radical (unpaired) electrons. The highest BCUT2D eigenvalue weighted by atomic mass is 16.5. The number of esters is 1. The van der Waals surface area contributed by atoms with Gasteiger partial charge in [-0.05, 0) is 44.2 Å². The summed E-state index contributed by atoms with van der Waals surface area (Å²) in [5.41, 5.74) is 2.77. The fourth-order valence-electron chi connectivity index (χ4n) is 2.75. The lowest BCUT2D eigenvalue weighted by Gasteiger charge is -2.13. The van der Waals surface area contributed by atoms with Crippen molar-refractivity contribution in [3.05, 3.63) is 101 Å². The largest absolute Gasteiger partial charge is 0.451 e. The molecule has 0 spiro atoms. The predicted molar refractivity (Wildman–Crippen MR) is 111 cm³/mol. The third-order valence-electron chi connectivity index (χ3n) is 4.38. The van der Waals surface area contributed by atoms with E-state index in [4.69, 9.17) is 4.74 Å². The first-order valence-corrected chi connectivity index (χ1v) is 9.22. The molecule has 0 unspecified atom stereocenters. The van der Waals surface area contributed by atoms with Gasteiger partial charge in [0.05, 0.1) is 5.56 Å². The first-order valence-electron chi connectivity index (χ1n) is 9.22. The maximum absolute atomic E-state index is 12.4. The normalized spacial score (nSPS) is 11.4. The van der Waals surface area contributed by atoms with E-state index in [0.29, 0.717) is 16.8 Å². The average molecular weight is 387 g/mol. The van der Waals surface area contributed by atoms with Crippen LogP contribution in [-0.2, 0) is 4.74 Å². The Labute approximate surface area is 169 Å². The molecule has 1 amide bonds. The molecule has 29 heavy (non-hydrogen) atoms. The number of ether oxygens (including phenoxy) is 1. The van der Waals surface area contributed by atoms with Crippen LogP contribution in [0, 0.1) is 6.92 Å². The molecule has 3 rings (SSSR count). The van der Waals surface area contributed by atoms with Gasteiger partial charge in [0.25, 0.3) is 5.91 Å². The first kappa shape index (κ1) is 20.0. The van der Waals surface area contributed by atoms with Crippen LogP contribution in [-0.4, -0.2) is 23.8 Å². The zero-order chi connectivity index (χ0) is 20.8. The van der Waals surface area contributed by atoms with Gasteiger partial charge in [-0.25, -0.2) is 4.79 Å². The lowest BCUT2D eigenvalue weighted by Crippen LogP contribution is -2.24. The maximum Gasteiger partial charge on any atom is 0.338 e. The summed E-state index contributed by atoms with van der Waals surface area (Å²) in [5.74, 6) is -1.18. The number of carbonyl (C=O) groups excluding carboxylic acids is 3. The van der Waals surface area contributed by atoms with Crippen LogP contribution < -0.4 is 5.32 Å². The number of amides is 1. The molecule has 0 aliphatic rings. The van der Waals surface area contributed by atoms with E-state index in [2.05, 4.69) is 5.32 Å². The minimum absolute atomic E-state index is 0.249. The topological polar surface area (TPSA) is 72.5 Å². The van der Waals surface area contributed by atoms with Crippen molar-refractivity contribution in [2.75, 3.05) is 5.32 Å². The van der Waals surface area contributed by atoms with Gasteiger partial charge in [0, 0.05) is 16.8 Å². The van der Waals surface area contributed by atoms with E-state index in [9.17, 15) is 14.4 Å². The van der Waals surface area contributed by atoms with E-state index in [1.807, 2.05) is 25.1 Å². The van der Waals surface area contributed by atoms with Gasteiger partial charge in [0.2, 0.25) is 5.78 Å². The minimum Gasteiger partial charge on any atom is -0.451 e. The molecule has 5 nitrogen and oxygen atoms in total. The highest BCUT2D eigenvalue weighted by Gasteiger charge is 2.20. The molecule has 0 saturated carbocycles. The quantitative estimate of drug-likeness (QED) is 0.493. The van der Waals surface area contributed by atoms with Crippen molar-refractivity contribution in [2.45, 2.75) is 20.0 Å². The Hall–Kier alpha value is -3.73. The molecule has 0 saturated heterocycles. The van der Waals surface area contributed by atoms with Gasteiger partial charge in [-0.1, -0.05) is 54.1 Å². The molecule has 5 heteroatoms. The molecule has 3 aromatic rings. The number of carbonyl (C=O) groups is 3. The first-order chi connectivity index (χ1) is 13.9. The minimum atomic E-state index is -0.921. The van der Waals surface area contributed by atoms with E-state index < -0.39 is 12.1 Å². The summed E-state index contributed by atoms with van der Waals surface area (Å²) in [6.07, 6.45) is -0.921. The summed E-state index contributed by atoms with van der Waals surface area (Å²) >= 11 is 0. The number of nitrogens with one attached hydrogen (secondary N) is 1. The summed E-state index contributed by atoms with van der Waals surface area (Å²) < 4.78 is 5.31. The van der Waals surface area contributed by atoms with Crippen molar-refractivity contribution in [3.8, 4) is 0 Å². The monoisotopic (exact) mass is 387 g/mol. The van der Waals surface area contributed by atoms with Gasteiger partial charge < -0.3 is 10.1 Å². The third-order valence-corrected chi connectivity index (χ3v) is 4.38. The van der Waals surface area contributed by atoms with Crippen LogP contribution in [0.2, 0.25) is 0 Å². The molecule has 0 aliphatic heterocycles. The van der Waals surface area contributed by atoms with Gasteiger partial charge in [0.1, 0.15) is 0 Å². The fourth-order valence-corrected chi connectivity index (χ4v) is 2.75. The SMILES string of the molecule is Cc1ccc(C(=O)Nc2cccc(C(=O)O[C@@H](C)C(=O)c3ccccc3)c2)cc1. The van der Waals surface area contributed by atoms with Gasteiger partial charge in [-0.3, -0.25) is 9.59 Å². The van der Waals surface area contributed by atoms with Crippen molar-refractivity contribution < 1.29 is 19.1 Å². The number of hydrogen-bond donors (Lipinski definition) is 1. The third kappa shape index (κ3) is 5.17. The van der Waals surface area contributed by atoms with Crippen LogP contribution in [0.1, 0.15) is 43.6 Å². The second-order valence-corrected chi connectivity index (χ2v) is 6.68. The molecule has 1 atom stereocenters. The van der Waals surface area contributed by atoms with Crippen LogP contribution in [0.3, 0.4) is 0 Å². The van der Waals surface area contributed by atoms with Gasteiger partial charge in [0.15, 0.2) is 6.10 Å². The number of anilines is 1. The van der Waals surface area contributed by atoms with Gasteiger partial charge in [-0.15, -0.1) is 0 Å². The lowest BCUT2D eigenvalue weighted by molar-refractivity contribution is 0.0319. The summed E-state index contributed by atoms with van der Waals surface area (Å²) in [6.45, 7) is 3.48. The molecule has 1 N–H and O–H groups in total. The number of rotatable bonds is 6. The van der Waals surface area contributed by atoms with Gasteiger partial charge >= 0.3 is 5.97 Å². The molecule has 0 aliphatic carbocycles. The van der Waals surface area contributed by atoms with Crippen LogP contribution in [0.5, 0.6) is 0 Å². The predicted octanol–water partition coefficient (Wildman–Crippen LogP) is 4.68. The highest BCUT2D eigenvalue weighted by molar-refractivity contribution is 6.05. The fraction of sp³-hybridized carbons (Fsp3) is 0.125. The van der Waals surface area contributed by atoms with Crippen LogP contribution in [0.15, 0.2) is 78.9 Å². The van der Waals surface area contributed by atoms with Crippen LogP contribution in [0.4, 0.5) is 5.69 Å². The van der Waals surface area contributed by atoms with Crippen LogP contribution >= 0.6 is 0 Å². The smallest absolute Gasteiger partial charge is 0.338 e. The van der Waals surface area contributed by atoms with E-state index in [1.54, 1.807) is 54.6 Å². The van der Waals surface area contributed by atoms with Crippen molar-refractivity contribution in [3.63, 3.8) is 0 Å². The van der Waals surface area contributed by atoms with Crippen LogP contribution in [0.25, 0.3) is 0 Å². The Kier molecular flexibility index (Phi) is 6.19. The Morgan fingerprint density at radius 2 is 1.45 bits per heavy atom. The molecular weight excluding hydrogens is 366 g/mol. The molecule has 0 bridgehead atoms. The summed E-state index contributed by atoms with van der Waals surface area (Å²) in [5, 5.41) is 2.76. The Morgan fingerprint density at radius 3 is 2.14 bits per heavy atom. The number of aryl methyl sites for hydroxylation is 1. The standard InChI is InChI=1S/C24H21NO4/c1-16-11-13-19(14-12-16)23(27)25-21-10-6-9-20(15-21)24(28)29-17(2)22(26)18-7-4-3-5-8-18/h3-15,17H,1-2H3,(H,25,27)/t17-/m0/s1. The zero-order valence-corrected chi connectivity index (χ0v) is 16.2. The molecule has 0 heterocycles. The number of hydrogen-bond acceptors (Lipinski definition) is 4. The van der Waals surface area contributed by atoms with Crippen molar-refractivity contribution in [1.82, 2.24) is 0 Å². The van der Waals surface area contributed by atoms with E-state index in [0.717, 1.165) is 5.56 Å². The second-order valence-electron chi connectivity index (χ2n) is 6.68. The Balaban J connectivity index is 1.66. The van der Waals surface area contributed by atoms with E-state index in [-0.39, 0.29) is 17.3 Å². The Morgan fingerprint density at radius 1 is 0.793 bits per heavy atom. The van der Waals surface area contributed by atoms with Crippen molar-refractivity contribution >= 4 is 23.3 Å². The molecule has 0 aromatic heterocycles. The average Bonchev–Trinajstić information content (AvgIpc) is 2.74. The summed E-state index contributed by atoms with van der Waals surface area (Å²) in [6, 6.07) is 22.3. The summed E-state index contributed by atoms with van der Waals surface area (Å²) in [7, 11) is 0. The second kappa shape index (κ2) is 8.97. The molecule has 0 fully saturated rings. The summed E-state index contributed by atoms with van der Waals surface area (Å²) in [4.78, 5) is 37.2. The van der Waals surface area contributed by atoms with Crippen molar-refractivity contribution in [1.29, 1.82) is 0 Å². The molecule has 146 valence electrons. The Bertz CT molecular complexity index is 1030. The van der Waals surface area contributed by atoms with Crippen molar-refractivity contribution in [2.24, 2.45) is 0 Å². The zero-order valence-electron chi connectivity index (χ0n) is 16.2. The van der Waals surface area contributed by atoms with Gasteiger partial charge in [-0.2, -0.15) is 0 Å². The maximum atomic E-state index is 12.4. The number of ketones is 1. The van der Waals surface area contributed by atoms with E-state index in [1.165, 1.54) is 13.0 Å². The lowest BCUT2D eigenvalue weighted by atomic mass is 10.1.